The Labute approximate surface area is 200 Å². The Morgan fingerprint density at radius 3 is 2.73 bits per heavy atom. The molecule has 0 aliphatic carbocycles. The second-order valence-corrected chi connectivity index (χ2v) is 8.44. The predicted molar refractivity (Wildman–Crippen MR) is 130 cm³/mol. The van der Waals surface area contributed by atoms with Gasteiger partial charge in [0.15, 0.2) is 0 Å². The highest BCUT2D eigenvalue weighted by molar-refractivity contribution is 6.35. The number of carbonyl (C=O) groups excluding carboxylic acids is 1. The van der Waals surface area contributed by atoms with E-state index in [0.29, 0.717) is 28.0 Å². The van der Waals surface area contributed by atoms with Gasteiger partial charge in [-0.25, -0.2) is 9.97 Å². The van der Waals surface area contributed by atoms with Crippen molar-refractivity contribution in [2.75, 3.05) is 6.54 Å². The first-order valence-corrected chi connectivity index (χ1v) is 11.1. The molecular weight excluding hydrogens is 457 g/mol. The summed E-state index contributed by atoms with van der Waals surface area (Å²) in [5.74, 6) is 0.302. The summed E-state index contributed by atoms with van der Waals surface area (Å²) in [6.45, 7) is 0.352. The average molecular weight is 476 g/mol. The van der Waals surface area contributed by atoms with E-state index in [1.54, 1.807) is 47.7 Å². The zero-order chi connectivity index (χ0) is 22.8. The first-order chi connectivity index (χ1) is 16.1. The fraction of sp³-hybridized carbons (Fsp3) is 0.0800. The summed E-state index contributed by atoms with van der Waals surface area (Å²) < 4.78 is 1.78. The van der Waals surface area contributed by atoms with Crippen LogP contribution >= 0.6 is 23.2 Å². The van der Waals surface area contributed by atoms with Gasteiger partial charge in [0.05, 0.1) is 5.56 Å². The fourth-order valence-electron chi connectivity index (χ4n) is 3.92. The smallest absolute Gasteiger partial charge is 0.252 e. The Morgan fingerprint density at radius 2 is 1.97 bits per heavy atom. The molecule has 0 saturated carbocycles. The van der Waals surface area contributed by atoms with Crippen molar-refractivity contribution in [1.29, 1.82) is 0 Å². The molecule has 33 heavy (non-hydrogen) atoms. The van der Waals surface area contributed by atoms with Gasteiger partial charge in [-0.2, -0.15) is 0 Å². The van der Waals surface area contributed by atoms with Crippen LogP contribution in [-0.2, 0) is 0 Å². The maximum absolute atomic E-state index is 12.9. The van der Waals surface area contributed by atoms with Gasteiger partial charge in [-0.3, -0.25) is 9.36 Å². The molecule has 2 aromatic carbocycles. The molecule has 5 rings (SSSR count). The zero-order valence-corrected chi connectivity index (χ0v) is 18.9. The van der Waals surface area contributed by atoms with Crippen LogP contribution < -0.4 is 5.32 Å². The van der Waals surface area contributed by atoms with Crippen LogP contribution in [0.15, 0.2) is 85.7 Å². The number of hydrogen-bond donors (Lipinski definition) is 2. The fourth-order valence-corrected chi connectivity index (χ4v) is 4.46. The van der Waals surface area contributed by atoms with Crippen molar-refractivity contribution in [1.82, 2.24) is 24.8 Å². The lowest BCUT2D eigenvalue weighted by molar-refractivity contribution is 0.0952. The number of imidazole rings is 1. The molecule has 1 atom stereocenters. The molecule has 0 aliphatic heterocycles. The quantitative estimate of drug-likeness (QED) is 0.334. The topological polar surface area (TPSA) is 75.6 Å². The van der Waals surface area contributed by atoms with Crippen LogP contribution in [0.2, 0.25) is 10.0 Å². The van der Waals surface area contributed by atoms with Gasteiger partial charge in [0.25, 0.3) is 5.91 Å². The molecule has 1 amide bonds. The lowest BCUT2D eigenvalue weighted by Gasteiger charge is -2.20. The number of nitrogens with zero attached hydrogens (tertiary/aromatic N) is 3. The molecule has 8 heteroatoms. The minimum Gasteiger partial charge on any atom is -0.361 e. The van der Waals surface area contributed by atoms with Crippen molar-refractivity contribution in [2.45, 2.75) is 5.92 Å². The second kappa shape index (κ2) is 9.10. The third-order valence-electron chi connectivity index (χ3n) is 5.58. The molecule has 6 nitrogen and oxygen atoms in total. The molecule has 0 aliphatic rings. The van der Waals surface area contributed by atoms with E-state index in [1.165, 1.54) is 0 Å². The first kappa shape index (κ1) is 21.2. The second-order valence-electron chi connectivity index (χ2n) is 7.59. The van der Waals surface area contributed by atoms with Gasteiger partial charge >= 0.3 is 0 Å². The van der Waals surface area contributed by atoms with Gasteiger partial charge in [-0.1, -0.05) is 47.5 Å². The van der Waals surface area contributed by atoms with Crippen LogP contribution in [0.3, 0.4) is 0 Å². The van der Waals surface area contributed by atoms with E-state index >= 15 is 0 Å². The largest absolute Gasteiger partial charge is 0.361 e. The molecule has 0 fully saturated rings. The number of fused-ring (bicyclic) bond motifs is 1. The molecule has 0 spiro atoms. The predicted octanol–water partition coefficient (Wildman–Crippen LogP) is 5.62. The summed E-state index contributed by atoms with van der Waals surface area (Å²) in [4.78, 5) is 24.6. The lowest BCUT2D eigenvalue weighted by atomic mass is 9.90. The number of para-hydroxylation sites is 1. The lowest BCUT2D eigenvalue weighted by Crippen LogP contribution is -2.29. The minimum atomic E-state index is -0.213. The number of rotatable bonds is 6. The molecule has 2 N–H and O–H groups in total. The van der Waals surface area contributed by atoms with Crippen molar-refractivity contribution < 1.29 is 4.79 Å². The zero-order valence-electron chi connectivity index (χ0n) is 17.4. The van der Waals surface area contributed by atoms with E-state index in [9.17, 15) is 4.79 Å². The van der Waals surface area contributed by atoms with E-state index < -0.39 is 0 Å². The third-order valence-corrected chi connectivity index (χ3v) is 6.14. The highest BCUT2D eigenvalue weighted by Crippen LogP contribution is 2.35. The highest BCUT2D eigenvalue weighted by atomic mass is 35.5. The molecular formula is C25H19Cl2N5O. The number of hydrogen-bond acceptors (Lipinski definition) is 3. The number of amides is 1. The number of aromatic amines is 1. The maximum Gasteiger partial charge on any atom is 0.252 e. The van der Waals surface area contributed by atoms with E-state index in [0.717, 1.165) is 22.0 Å². The summed E-state index contributed by atoms with van der Waals surface area (Å²) in [7, 11) is 0. The Balaban J connectivity index is 1.42. The number of benzene rings is 2. The van der Waals surface area contributed by atoms with Crippen LogP contribution in [-0.4, -0.2) is 32.0 Å². The summed E-state index contributed by atoms with van der Waals surface area (Å²) >= 11 is 12.7. The van der Waals surface area contributed by atoms with Crippen LogP contribution in [0.25, 0.3) is 16.7 Å². The minimum absolute atomic E-state index is 0.173. The van der Waals surface area contributed by atoms with Crippen molar-refractivity contribution >= 4 is 40.0 Å². The SMILES string of the molecule is O=C(NCC(c1ccc(Cl)cc1Cl)c1c[nH]c2ccccc12)c1ccc(-n2ccnc2)nc1. The van der Waals surface area contributed by atoms with Crippen LogP contribution in [0.4, 0.5) is 0 Å². The summed E-state index contributed by atoms with van der Waals surface area (Å²) in [6.07, 6.45) is 8.65. The van der Waals surface area contributed by atoms with E-state index in [2.05, 4.69) is 26.3 Å². The van der Waals surface area contributed by atoms with Crippen LogP contribution in [0.5, 0.6) is 0 Å². The Hall–Kier alpha value is -3.61. The highest BCUT2D eigenvalue weighted by Gasteiger charge is 2.22. The number of aromatic nitrogens is 4. The molecule has 3 aromatic heterocycles. The molecule has 1 unspecified atom stereocenters. The van der Waals surface area contributed by atoms with Crippen molar-refractivity contribution in [2.24, 2.45) is 0 Å². The molecule has 5 aromatic rings. The Morgan fingerprint density at radius 1 is 1.09 bits per heavy atom. The Bertz CT molecular complexity index is 1410. The molecule has 0 saturated heterocycles. The maximum atomic E-state index is 12.9. The molecule has 3 heterocycles. The average Bonchev–Trinajstić information content (AvgIpc) is 3.51. The van der Waals surface area contributed by atoms with Gasteiger partial charge in [-0.15, -0.1) is 0 Å². The van der Waals surface area contributed by atoms with Gasteiger partial charge in [-0.05, 0) is 41.5 Å². The summed E-state index contributed by atoms with van der Waals surface area (Å²) in [6, 6.07) is 17.0. The van der Waals surface area contributed by atoms with Crippen LogP contribution in [0, 0.1) is 0 Å². The molecule has 164 valence electrons. The summed E-state index contributed by atoms with van der Waals surface area (Å²) in [5, 5.41) is 5.24. The normalized spacial score (nSPS) is 12.1. The molecule has 0 radical (unpaired) electrons. The van der Waals surface area contributed by atoms with Crippen molar-refractivity contribution in [3.63, 3.8) is 0 Å². The number of pyridine rings is 1. The van der Waals surface area contributed by atoms with Crippen molar-refractivity contribution in [3.8, 4) is 5.82 Å². The third kappa shape index (κ3) is 4.35. The van der Waals surface area contributed by atoms with Gasteiger partial charge in [0.2, 0.25) is 0 Å². The summed E-state index contributed by atoms with van der Waals surface area (Å²) in [5.41, 5.74) is 3.43. The number of H-pyrrole nitrogens is 1. The number of nitrogens with one attached hydrogen (secondary N) is 2. The number of carbonyl (C=O) groups is 1. The van der Waals surface area contributed by atoms with E-state index in [4.69, 9.17) is 23.2 Å². The molecule has 0 bridgehead atoms. The monoisotopic (exact) mass is 475 g/mol. The standard InChI is InChI=1S/C25H19Cl2N5O/c26-17-6-7-18(22(27)11-17)20(21-13-29-23-4-2-1-3-19(21)23)14-31-25(33)16-5-8-24(30-12-16)32-10-9-28-15-32/h1-13,15,20,29H,14H2,(H,31,33). The van der Waals surface area contributed by atoms with Crippen LogP contribution in [0.1, 0.15) is 27.4 Å². The van der Waals surface area contributed by atoms with E-state index in [-0.39, 0.29) is 11.8 Å². The van der Waals surface area contributed by atoms with Gasteiger partial charge in [0.1, 0.15) is 12.1 Å². The Kier molecular flexibility index (Phi) is 5.86. The number of halogens is 2. The first-order valence-electron chi connectivity index (χ1n) is 10.3. The van der Waals surface area contributed by atoms with Gasteiger partial charge < -0.3 is 10.3 Å². The van der Waals surface area contributed by atoms with Gasteiger partial charge in [0, 0.05) is 58.2 Å². The van der Waals surface area contributed by atoms with E-state index in [1.807, 2.05) is 36.5 Å². The van der Waals surface area contributed by atoms with Crippen molar-refractivity contribution in [3.05, 3.63) is 112 Å².